The molecule has 0 aliphatic rings. The summed E-state index contributed by atoms with van der Waals surface area (Å²) < 4.78 is 26.0. The van der Waals surface area contributed by atoms with Gasteiger partial charge in [0.2, 0.25) is 0 Å². The zero-order chi connectivity index (χ0) is 71.5. The molecule has 0 bridgehead atoms. The summed E-state index contributed by atoms with van der Waals surface area (Å²) in [7, 11) is -0.647. The van der Waals surface area contributed by atoms with Crippen molar-refractivity contribution in [2.45, 2.75) is 69.6 Å². The van der Waals surface area contributed by atoms with E-state index < -0.39 is 6.10 Å². The summed E-state index contributed by atoms with van der Waals surface area (Å²) in [5, 5.41) is 0. The molecule has 12 rings (SSSR count). The van der Waals surface area contributed by atoms with Gasteiger partial charge in [-0.15, -0.1) is 0 Å². The summed E-state index contributed by atoms with van der Waals surface area (Å²) in [5.74, 6) is -0.646. The Labute approximate surface area is 722 Å². The molecule has 0 spiro atoms. The van der Waals surface area contributed by atoms with E-state index in [1.165, 1.54) is 44.1 Å². The molecule has 18 heteroatoms. The van der Waals surface area contributed by atoms with Crippen LogP contribution in [0, 0.1) is 32.1 Å². The fourth-order valence-corrected chi connectivity index (χ4v) is 23.5. The molecule has 0 aliphatic carbocycles. The van der Waals surface area contributed by atoms with Gasteiger partial charge < -0.3 is 14.2 Å². The van der Waals surface area contributed by atoms with Crippen molar-refractivity contribution >= 4 is 260 Å². The number of carbonyl (C=O) groups excluding carboxylic acids is 3. The van der Waals surface area contributed by atoms with Crippen molar-refractivity contribution in [1.29, 1.82) is 0 Å². The van der Waals surface area contributed by atoms with Crippen molar-refractivity contribution in [1.82, 2.24) is 0 Å². The van der Waals surface area contributed by atoms with Crippen LogP contribution in [0.25, 0.3) is 5.76 Å². The average molecular weight is 2390 g/mol. The Morgan fingerprint density at radius 1 is 0.337 bits per heavy atom. The van der Waals surface area contributed by atoms with E-state index in [9.17, 15) is 14.4 Å². The van der Waals surface area contributed by atoms with E-state index in [2.05, 4.69) is 430 Å². The monoisotopic (exact) mass is 2390 g/mol. The summed E-state index contributed by atoms with van der Waals surface area (Å²) >= 11 is 19.9. The molecule has 0 saturated heterocycles. The zero-order valence-corrected chi connectivity index (χ0v) is 75.5. The van der Waals surface area contributed by atoms with Gasteiger partial charge in [-0.25, -0.2) is 14.4 Å². The van der Waals surface area contributed by atoms with Crippen LogP contribution in [0.1, 0.15) is 73.3 Å². The molecule has 12 aromatic rings. The van der Waals surface area contributed by atoms with E-state index in [0.717, 1.165) is 48.8 Å². The zero-order valence-electron chi connectivity index (χ0n) is 53.6. The summed E-state index contributed by atoms with van der Waals surface area (Å²) in [5.41, 5.74) is 4.53. The number of halogens is 9. The van der Waals surface area contributed by atoms with Gasteiger partial charge in [0.15, 0.2) is 44.1 Å². The van der Waals surface area contributed by atoms with Crippen molar-refractivity contribution in [2.24, 2.45) is 0 Å². The van der Waals surface area contributed by atoms with Crippen molar-refractivity contribution < 1.29 is 28.6 Å². The predicted molar refractivity (Wildman–Crippen MR) is 489 cm³/mol. The van der Waals surface area contributed by atoms with Gasteiger partial charge >= 0.3 is 17.9 Å². The van der Waals surface area contributed by atoms with Crippen LogP contribution in [0.4, 0.5) is 0 Å². The second-order valence-corrected chi connectivity index (χ2v) is 38.1. The van der Waals surface area contributed by atoms with Crippen LogP contribution in [0.5, 0.6) is 0 Å². The normalized spacial score (nSPS) is 11.5. The van der Waals surface area contributed by atoms with Crippen molar-refractivity contribution in [3.63, 3.8) is 0 Å². The Morgan fingerprint density at radius 2 is 0.594 bits per heavy atom. The molecule has 0 saturated carbocycles. The Morgan fingerprint density at radius 3 is 0.891 bits per heavy atom. The van der Waals surface area contributed by atoms with Gasteiger partial charge in [0.25, 0.3) is 0 Å². The molecule has 12 aromatic carbocycles. The Kier molecular flexibility index (Phi) is 31.3. The Hall–Kier alpha value is -3.85. The Balaban J connectivity index is 0.000000163. The van der Waals surface area contributed by atoms with Gasteiger partial charge in [-0.05, 0) is 397 Å². The average Bonchev–Trinajstić information content (AvgIpc) is 1.12. The van der Waals surface area contributed by atoms with Crippen molar-refractivity contribution in [3.05, 3.63) is 376 Å². The minimum atomic E-state index is -0.527. The summed E-state index contributed by atoms with van der Waals surface area (Å²) in [4.78, 5) is 50.2. The van der Waals surface area contributed by atoms with Crippen LogP contribution in [0.15, 0.2) is 354 Å². The molecule has 6 nitrogen and oxygen atoms in total. The largest absolute Gasteiger partial charge is 0.454 e. The predicted octanol–water partition coefficient (Wildman–Crippen LogP) is 26.0. The number of hydrogen-bond donors (Lipinski definition) is 0. The molecule has 506 valence electrons. The molecule has 2 unspecified atom stereocenters. The van der Waals surface area contributed by atoms with E-state index in [1.54, 1.807) is 6.08 Å². The number of esters is 3. The van der Waals surface area contributed by atoms with Crippen LogP contribution >= 0.6 is 203 Å². The number of rotatable bonds is 20. The fourth-order valence-electron chi connectivity index (χ4n) is 10.3. The second kappa shape index (κ2) is 39.7. The fraction of sp³-hybridized carbons (Fsp3) is 0.0482. The van der Waals surface area contributed by atoms with E-state index in [-0.39, 0.29) is 56.7 Å². The van der Waals surface area contributed by atoms with Gasteiger partial charge in [0, 0.05) is 37.7 Å². The first-order valence-electron chi connectivity index (χ1n) is 31.1. The lowest BCUT2D eigenvalue weighted by Crippen LogP contribution is -2.14. The minimum absolute atomic E-state index is 0.198. The van der Waals surface area contributed by atoms with E-state index >= 15 is 0 Å². The van der Waals surface area contributed by atoms with E-state index in [0.29, 0.717) is 28.9 Å². The molecule has 0 radical (unpaired) electrons. The Bertz CT molecular complexity index is 4700. The lowest BCUT2D eigenvalue weighted by Gasteiger charge is -2.18. The van der Waals surface area contributed by atoms with Crippen LogP contribution < -0.4 is 0 Å². The van der Waals surface area contributed by atoms with Gasteiger partial charge in [0.1, 0.15) is 18.0 Å². The summed E-state index contributed by atoms with van der Waals surface area (Å²) in [6.45, 7) is 9.98. The maximum absolute atomic E-state index is 13.1. The number of benzene rings is 12. The molecular weight excluding hydrogens is 2330 g/mol. The highest BCUT2D eigenvalue weighted by Crippen LogP contribution is 2.38. The lowest BCUT2D eigenvalue weighted by molar-refractivity contribution is 0.0284. The van der Waals surface area contributed by atoms with E-state index in [1.807, 2.05) is 84.9 Å². The van der Waals surface area contributed by atoms with Crippen LogP contribution in [0.2, 0.25) is 0 Å². The number of hydrogen-bond acceptors (Lipinski definition) is 6. The first-order valence-corrected chi connectivity index (χ1v) is 44.5. The van der Waals surface area contributed by atoms with E-state index in [4.69, 9.17) is 14.2 Å². The van der Waals surface area contributed by atoms with Gasteiger partial charge in [-0.3, -0.25) is 0 Å². The topological polar surface area (TPSA) is 78.9 Å². The molecule has 0 fully saturated rings. The van der Waals surface area contributed by atoms with Crippen molar-refractivity contribution in [2.75, 3.05) is 0 Å². The summed E-state index contributed by atoms with van der Waals surface area (Å²) in [6.07, 6.45) is 1.57. The molecule has 2 atom stereocenters. The third kappa shape index (κ3) is 21.1. The maximum atomic E-state index is 13.1. The minimum Gasteiger partial charge on any atom is -0.454 e. The van der Waals surface area contributed by atoms with Crippen LogP contribution in [0.3, 0.4) is 0 Å². The quantitative estimate of drug-likeness (QED) is 0.0144. The molecule has 0 amide bonds. The highest BCUT2D eigenvalue weighted by molar-refractivity contribution is 14.1. The number of ether oxygens (including phenoxy) is 3. The molecule has 0 heterocycles. The molecule has 0 N–H and O–H groups in total. The first-order chi connectivity index (χ1) is 48.9. The van der Waals surface area contributed by atoms with Gasteiger partial charge in [-0.1, -0.05) is 141 Å². The standard InChI is InChI=1S/C28H22I3O2S.C28H20I3O2S.C27H18I3O2S/c2*1-2-25(33-28(32)26-23(29)17-18-24(30)27(26)31)19-13-15-22(16-14-19)34(20-9-5-3-6-10-20)21-11-7-4-8-12-21;1-18(32-27(31)25-23(28)16-17-24(29)26(25)30)19-12-14-22(15-13-19)33(20-8-4-2-5-9-20)21-10-6-3-7-11-21/h3-18,25H,2H2,1H3;2-18,25H,1H2;2-17H,1H2/q3*+1. The molecule has 0 aromatic heterocycles. The lowest BCUT2D eigenvalue weighted by atomic mass is 10.1. The highest BCUT2D eigenvalue weighted by Gasteiger charge is 2.33. The third-order valence-corrected chi connectivity index (χ3v) is 33.8. The summed E-state index contributed by atoms with van der Waals surface area (Å²) in [6, 6.07) is 100. The molecular formula is C83H60I9O6S3+3. The van der Waals surface area contributed by atoms with Gasteiger partial charge in [-0.2, -0.15) is 0 Å². The SMILES string of the molecule is C=C(OC(=O)c1c(I)ccc(I)c1I)c1ccc([S+](c2ccccc2)c2ccccc2)cc1.C=CC(OC(=O)c1c(I)ccc(I)c1I)c1ccc([S+](c2ccccc2)c2ccccc2)cc1.CCC(OC(=O)c1c(I)ccc(I)c1I)c1ccc([S+](c2ccccc2)c2ccccc2)cc1. The first kappa shape index (κ1) is 79.7. The third-order valence-electron chi connectivity index (χ3n) is 15.2. The highest BCUT2D eigenvalue weighted by atomic mass is 127. The van der Waals surface area contributed by atoms with Crippen LogP contribution in [-0.2, 0) is 46.9 Å². The molecule has 101 heavy (non-hydrogen) atoms. The maximum Gasteiger partial charge on any atom is 0.345 e. The smallest absolute Gasteiger partial charge is 0.345 e. The van der Waals surface area contributed by atoms with Crippen molar-refractivity contribution in [3.8, 4) is 0 Å². The number of carbonyl (C=O) groups is 3. The molecule has 0 aliphatic heterocycles. The van der Waals surface area contributed by atoms with Gasteiger partial charge in [0.05, 0.1) is 49.4 Å². The second-order valence-electron chi connectivity index (χ2n) is 21.8. The van der Waals surface area contributed by atoms with Crippen LogP contribution in [-0.4, -0.2) is 17.9 Å².